The van der Waals surface area contributed by atoms with E-state index in [0.717, 1.165) is 39.0 Å². The molecule has 6 rings (SSSR count). The van der Waals surface area contributed by atoms with E-state index in [1.807, 2.05) is 54.6 Å². The maximum atomic E-state index is 10.9. The molecule has 4 nitrogen and oxygen atoms in total. The fourth-order valence-electron chi connectivity index (χ4n) is 5.09. The van der Waals surface area contributed by atoms with Crippen molar-refractivity contribution in [2.24, 2.45) is 0 Å². The minimum absolute atomic E-state index is 0. The molecular formula is C36H31N2O2Pt-. The van der Waals surface area contributed by atoms with Gasteiger partial charge in [0.15, 0.2) is 5.58 Å². The van der Waals surface area contributed by atoms with Crippen molar-refractivity contribution in [2.75, 3.05) is 0 Å². The van der Waals surface area contributed by atoms with Gasteiger partial charge in [0.05, 0.1) is 11.1 Å². The summed E-state index contributed by atoms with van der Waals surface area (Å²) in [6.07, 6.45) is 1.79. The molecule has 1 unspecified atom stereocenters. The van der Waals surface area contributed by atoms with Gasteiger partial charge in [-0.05, 0) is 34.7 Å². The third kappa shape index (κ3) is 5.62. The zero-order chi connectivity index (χ0) is 27.9. The van der Waals surface area contributed by atoms with E-state index in [-0.39, 0.29) is 38.1 Å². The fourth-order valence-corrected chi connectivity index (χ4v) is 5.09. The number of fused-ring (bicyclic) bond motifs is 1. The molecule has 2 heterocycles. The van der Waals surface area contributed by atoms with E-state index in [1.54, 1.807) is 12.3 Å². The molecule has 2 aromatic heterocycles. The van der Waals surface area contributed by atoms with Gasteiger partial charge in [-0.15, -0.1) is 29.8 Å². The first-order valence-corrected chi connectivity index (χ1v) is 13.6. The molecule has 0 aliphatic heterocycles. The van der Waals surface area contributed by atoms with Crippen LogP contribution in [0.2, 0.25) is 0 Å². The first kappa shape index (κ1) is 28.5. The zero-order valence-electron chi connectivity index (χ0n) is 23.5. The second-order valence-electron chi connectivity index (χ2n) is 11.2. The predicted octanol–water partition coefficient (Wildman–Crippen LogP) is 9.18. The summed E-state index contributed by atoms with van der Waals surface area (Å²) in [4.78, 5) is 9.53. The molecule has 4 aromatic carbocycles. The summed E-state index contributed by atoms with van der Waals surface area (Å²) in [7, 11) is 0. The molecular weight excluding hydrogens is 687 g/mol. The Balaban J connectivity index is 0.00000337. The molecule has 0 fully saturated rings. The molecule has 5 heteroatoms. The zero-order valence-corrected chi connectivity index (χ0v) is 25.7. The van der Waals surface area contributed by atoms with Gasteiger partial charge >= 0.3 is 0 Å². The number of aromatic nitrogens is 2. The fraction of sp³-hybridized carbons (Fsp3) is 0.167. The number of hydrogen-bond donors (Lipinski definition) is 1. The van der Waals surface area contributed by atoms with Gasteiger partial charge in [0.1, 0.15) is 5.75 Å². The number of phenols is 1. The summed E-state index contributed by atoms with van der Waals surface area (Å²) in [6, 6.07) is 35.7. The van der Waals surface area contributed by atoms with Crippen molar-refractivity contribution in [2.45, 2.75) is 39.0 Å². The molecule has 0 bridgehead atoms. The molecule has 0 aliphatic carbocycles. The van der Waals surface area contributed by atoms with E-state index in [2.05, 4.69) is 75.1 Å². The van der Waals surface area contributed by atoms with E-state index in [0.29, 0.717) is 17.0 Å². The largest absolute Gasteiger partial charge is 0.507 e. The van der Waals surface area contributed by atoms with Gasteiger partial charge in [-0.1, -0.05) is 99.5 Å². The van der Waals surface area contributed by atoms with Gasteiger partial charge in [0.2, 0.25) is 5.89 Å². The molecule has 0 spiro atoms. The molecule has 0 saturated carbocycles. The Morgan fingerprint density at radius 1 is 0.805 bits per heavy atom. The normalized spacial score (nSPS) is 12.2. The minimum atomic E-state index is -0.0898. The topological polar surface area (TPSA) is 59.2 Å². The average molecular weight is 719 g/mol. The summed E-state index contributed by atoms with van der Waals surface area (Å²) < 4.78 is 6.56. The average Bonchev–Trinajstić information content (AvgIpc) is 3.42. The van der Waals surface area contributed by atoms with E-state index in [1.165, 1.54) is 5.56 Å². The third-order valence-corrected chi connectivity index (χ3v) is 7.46. The molecule has 1 N–H and O–H groups in total. The van der Waals surface area contributed by atoms with Crippen LogP contribution in [0.4, 0.5) is 0 Å². The summed E-state index contributed by atoms with van der Waals surface area (Å²) in [5.41, 5.74) is 8.85. The van der Waals surface area contributed by atoms with Crippen molar-refractivity contribution in [1.82, 2.24) is 9.97 Å². The molecule has 0 saturated heterocycles. The minimum Gasteiger partial charge on any atom is -0.507 e. The Hall–Kier alpha value is -4.01. The molecule has 208 valence electrons. The predicted molar refractivity (Wildman–Crippen MR) is 161 cm³/mol. The van der Waals surface area contributed by atoms with Crippen LogP contribution in [0, 0.1) is 6.07 Å². The second-order valence-corrected chi connectivity index (χ2v) is 11.2. The Morgan fingerprint density at radius 3 is 2.29 bits per heavy atom. The van der Waals surface area contributed by atoms with Crippen LogP contribution in [0.15, 0.2) is 108 Å². The van der Waals surface area contributed by atoms with Gasteiger partial charge in [-0.3, -0.25) is 4.98 Å². The summed E-state index contributed by atoms with van der Waals surface area (Å²) >= 11 is 0. The van der Waals surface area contributed by atoms with Crippen LogP contribution in [-0.4, -0.2) is 15.1 Å². The van der Waals surface area contributed by atoms with Gasteiger partial charge in [0.25, 0.3) is 0 Å². The van der Waals surface area contributed by atoms with Crippen LogP contribution >= 0.6 is 0 Å². The van der Waals surface area contributed by atoms with Gasteiger partial charge in [-0.2, -0.15) is 0 Å². The number of rotatable bonds is 5. The third-order valence-electron chi connectivity index (χ3n) is 7.46. The van der Waals surface area contributed by atoms with Crippen molar-refractivity contribution in [1.29, 1.82) is 0 Å². The summed E-state index contributed by atoms with van der Waals surface area (Å²) in [6.45, 7) is 8.63. The number of nitrogens with zero attached hydrogens (tertiary/aromatic N) is 2. The van der Waals surface area contributed by atoms with Crippen LogP contribution in [0.5, 0.6) is 5.75 Å². The second kappa shape index (κ2) is 11.5. The van der Waals surface area contributed by atoms with E-state index < -0.39 is 0 Å². The number of hydrogen-bond acceptors (Lipinski definition) is 4. The van der Waals surface area contributed by atoms with Crippen molar-refractivity contribution < 1.29 is 30.6 Å². The van der Waals surface area contributed by atoms with Crippen molar-refractivity contribution in [3.63, 3.8) is 0 Å². The van der Waals surface area contributed by atoms with Crippen LogP contribution in [0.3, 0.4) is 0 Å². The first-order valence-electron chi connectivity index (χ1n) is 13.6. The number of phenolic OH excluding ortho intramolecular Hbond substituents is 1. The Labute approximate surface area is 255 Å². The molecule has 6 aromatic rings. The van der Waals surface area contributed by atoms with Crippen LogP contribution in [0.1, 0.15) is 50.3 Å². The first-order chi connectivity index (χ1) is 19.3. The standard InChI is InChI=1S/C36H31N2O2.Pt/c1-23(24-11-6-5-7-12-24)28-17-18-29(25-13-10-14-26(21-25)31-15-8-9-20-37-31)33-34(28)40-35(38-33)30-22-27(36(2,3)4)16-19-32(30)39;/h5-20,22-23,39H,1-4H3;/q-1;. The Kier molecular flexibility index (Phi) is 7.97. The van der Waals surface area contributed by atoms with Crippen LogP contribution < -0.4 is 0 Å². The molecule has 0 aliphatic rings. The van der Waals surface area contributed by atoms with Crippen molar-refractivity contribution >= 4 is 11.1 Å². The molecule has 0 radical (unpaired) electrons. The Bertz CT molecular complexity index is 1810. The van der Waals surface area contributed by atoms with Crippen LogP contribution in [0.25, 0.3) is 44.9 Å². The number of benzene rings is 4. The monoisotopic (exact) mass is 718 g/mol. The number of oxazole rings is 1. The van der Waals surface area contributed by atoms with Crippen molar-refractivity contribution in [3.05, 3.63) is 126 Å². The smallest absolute Gasteiger partial charge is 0.230 e. The van der Waals surface area contributed by atoms with Crippen LogP contribution in [-0.2, 0) is 26.5 Å². The quantitative estimate of drug-likeness (QED) is 0.181. The van der Waals surface area contributed by atoms with Gasteiger partial charge in [0, 0.05) is 44.4 Å². The maximum Gasteiger partial charge on any atom is 0.230 e. The van der Waals surface area contributed by atoms with E-state index in [4.69, 9.17) is 9.40 Å². The summed E-state index contributed by atoms with van der Waals surface area (Å²) in [5.74, 6) is 0.618. The number of aromatic hydroxyl groups is 1. The van der Waals surface area contributed by atoms with E-state index >= 15 is 0 Å². The molecule has 41 heavy (non-hydrogen) atoms. The summed E-state index contributed by atoms with van der Waals surface area (Å²) in [5, 5.41) is 10.9. The molecule has 0 amide bonds. The van der Waals surface area contributed by atoms with E-state index in [9.17, 15) is 5.11 Å². The van der Waals surface area contributed by atoms with Gasteiger partial charge < -0.3 is 9.52 Å². The van der Waals surface area contributed by atoms with Gasteiger partial charge in [-0.25, -0.2) is 4.98 Å². The van der Waals surface area contributed by atoms with Crippen molar-refractivity contribution in [3.8, 4) is 39.6 Å². The SMILES string of the molecule is CC(c1ccccc1)c1ccc(-c2[c-]c(-c3ccccn3)ccc2)c2nc(-c3cc(C(C)(C)C)ccc3O)oc12.[Pt]. The number of pyridine rings is 1. The Morgan fingerprint density at radius 2 is 1.56 bits per heavy atom. The maximum absolute atomic E-state index is 10.9. The molecule has 1 atom stereocenters.